The monoisotopic (exact) mass is 289 g/mol. The number of alkyl halides is 1. The summed E-state index contributed by atoms with van der Waals surface area (Å²) < 4.78 is 0. The van der Waals surface area contributed by atoms with Crippen LogP contribution >= 0.6 is 23.2 Å². The third-order valence-electron chi connectivity index (χ3n) is 2.85. The molecular formula is C13H17Cl2NO2. The second kappa shape index (κ2) is 7.49. The van der Waals surface area contributed by atoms with Crippen molar-refractivity contribution in [1.82, 2.24) is 5.32 Å². The predicted molar refractivity (Wildman–Crippen MR) is 74.6 cm³/mol. The van der Waals surface area contributed by atoms with Crippen LogP contribution in [-0.4, -0.2) is 23.4 Å². The van der Waals surface area contributed by atoms with Crippen LogP contribution in [0.25, 0.3) is 0 Å². The van der Waals surface area contributed by atoms with E-state index in [9.17, 15) is 9.90 Å². The highest BCUT2D eigenvalue weighted by molar-refractivity contribution is 6.30. The van der Waals surface area contributed by atoms with E-state index in [1.807, 2.05) is 0 Å². The summed E-state index contributed by atoms with van der Waals surface area (Å²) in [6.45, 7) is 2.62. The van der Waals surface area contributed by atoms with Crippen molar-refractivity contribution in [2.45, 2.75) is 19.8 Å². The SMILES string of the molecule is CCC(CCCl)CNC(=O)c1ccc(Cl)cc1O. The normalized spacial score (nSPS) is 12.2. The zero-order valence-corrected chi connectivity index (χ0v) is 11.8. The van der Waals surface area contributed by atoms with Crippen LogP contribution in [0.2, 0.25) is 5.02 Å². The van der Waals surface area contributed by atoms with Gasteiger partial charge in [0, 0.05) is 17.4 Å². The number of carbonyl (C=O) groups excluding carboxylic acids is 1. The Kier molecular flexibility index (Phi) is 6.30. The van der Waals surface area contributed by atoms with Gasteiger partial charge in [-0.05, 0) is 30.5 Å². The van der Waals surface area contributed by atoms with Gasteiger partial charge in [-0.1, -0.05) is 24.9 Å². The molecule has 1 atom stereocenters. The van der Waals surface area contributed by atoms with Gasteiger partial charge in [-0.25, -0.2) is 0 Å². The third kappa shape index (κ3) is 4.39. The molecule has 18 heavy (non-hydrogen) atoms. The summed E-state index contributed by atoms with van der Waals surface area (Å²) >= 11 is 11.4. The number of nitrogens with one attached hydrogen (secondary N) is 1. The van der Waals surface area contributed by atoms with E-state index in [1.165, 1.54) is 12.1 Å². The lowest BCUT2D eigenvalue weighted by atomic mass is 10.0. The van der Waals surface area contributed by atoms with Gasteiger partial charge in [-0.2, -0.15) is 0 Å². The Morgan fingerprint density at radius 3 is 2.78 bits per heavy atom. The van der Waals surface area contributed by atoms with Gasteiger partial charge in [0.15, 0.2) is 0 Å². The molecule has 0 aliphatic carbocycles. The average molecular weight is 290 g/mol. The van der Waals surface area contributed by atoms with Gasteiger partial charge in [0.1, 0.15) is 5.75 Å². The number of rotatable bonds is 6. The average Bonchev–Trinajstić information content (AvgIpc) is 2.34. The Balaban J connectivity index is 2.59. The van der Waals surface area contributed by atoms with Crippen molar-refractivity contribution in [2.24, 2.45) is 5.92 Å². The lowest BCUT2D eigenvalue weighted by molar-refractivity contribution is 0.0944. The molecule has 0 heterocycles. The van der Waals surface area contributed by atoms with Crippen LogP contribution < -0.4 is 5.32 Å². The fourth-order valence-corrected chi connectivity index (χ4v) is 2.11. The molecule has 0 bridgehead atoms. The molecule has 0 aliphatic heterocycles. The van der Waals surface area contributed by atoms with E-state index < -0.39 is 0 Å². The molecule has 2 N–H and O–H groups in total. The van der Waals surface area contributed by atoms with Crippen molar-refractivity contribution in [3.8, 4) is 5.75 Å². The number of amides is 1. The molecule has 100 valence electrons. The van der Waals surface area contributed by atoms with E-state index >= 15 is 0 Å². The van der Waals surface area contributed by atoms with E-state index in [2.05, 4.69) is 12.2 Å². The van der Waals surface area contributed by atoms with Gasteiger partial charge in [-0.3, -0.25) is 4.79 Å². The largest absolute Gasteiger partial charge is 0.507 e. The van der Waals surface area contributed by atoms with Gasteiger partial charge in [0.25, 0.3) is 5.91 Å². The maximum absolute atomic E-state index is 11.9. The molecule has 1 aromatic rings. The van der Waals surface area contributed by atoms with E-state index in [4.69, 9.17) is 23.2 Å². The van der Waals surface area contributed by atoms with E-state index in [0.717, 1.165) is 12.8 Å². The van der Waals surface area contributed by atoms with E-state index in [0.29, 0.717) is 23.4 Å². The molecule has 0 aliphatic rings. The van der Waals surface area contributed by atoms with Crippen LogP contribution in [-0.2, 0) is 0 Å². The van der Waals surface area contributed by atoms with Crippen molar-refractivity contribution in [2.75, 3.05) is 12.4 Å². The molecule has 3 nitrogen and oxygen atoms in total. The number of aromatic hydroxyl groups is 1. The fraction of sp³-hybridized carbons (Fsp3) is 0.462. The molecule has 0 saturated heterocycles. The third-order valence-corrected chi connectivity index (χ3v) is 3.30. The Morgan fingerprint density at radius 1 is 1.50 bits per heavy atom. The van der Waals surface area contributed by atoms with Crippen LogP contribution in [0.5, 0.6) is 5.75 Å². The minimum Gasteiger partial charge on any atom is -0.507 e. The molecular weight excluding hydrogens is 273 g/mol. The summed E-state index contributed by atoms with van der Waals surface area (Å²) in [5.41, 5.74) is 0.236. The molecule has 0 saturated carbocycles. The molecule has 1 unspecified atom stereocenters. The molecule has 1 rings (SSSR count). The van der Waals surface area contributed by atoms with Gasteiger partial charge < -0.3 is 10.4 Å². The first-order valence-corrected chi connectivity index (χ1v) is 6.82. The molecule has 0 spiro atoms. The maximum Gasteiger partial charge on any atom is 0.255 e. The van der Waals surface area contributed by atoms with Crippen molar-refractivity contribution in [3.05, 3.63) is 28.8 Å². The summed E-state index contributed by atoms with van der Waals surface area (Å²) in [5, 5.41) is 12.8. The number of phenolic OH excluding ortho intramolecular Hbond substituents is 1. The molecule has 0 fully saturated rings. The fourth-order valence-electron chi connectivity index (χ4n) is 1.63. The van der Waals surface area contributed by atoms with Gasteiger partial charge in [0.2, 0.25) is 0 Å². The Hall–Kier alpha value is -0.930. The van der Waals surface area contributed by atoms with Crippen LogP contribution in [0.1, 0.15) is 30.1 Å². The van der Waals surface area contributed by atoms with Crippen LogP contribution in [0.4, 0.5) is 0 Å². The number of carbonyl (C=O) groups is 1. The smallest absolute Gasteiger partial charge is 0.255 e. The molecule has 5 heteroatoms. The highest BCUT2D eigenvalue weighted by Crippen LogP contribution is 2.21. The highest BCUT2D eigenvalue weighted by atomic mass is 35.5. The topological polar surface area (TPSA) is 49.3 Å². The zero-order chi connectivity index (χ0) is 13.5. The minimum atomic E-state index is -0.294. The number of hydrogen-bond donors (Lipinski definition) is 2. The van der Waals surface area contributed by atoms with Gasteiger partial charge >= 0.3 is 0 Å². The standard InChI is InChI=1S/C13H17Cl2NO2/c1-2-9(5-6-14)8-16-13(18)11-4-3-10(15)7-12(11)17/h3-4,7,9,17H,2,5-6,8H2,1H3,(H,16,18). The lowest BCUT2D eigenvalue weighted by Crippen LogP contribution is -2.29. The predicted octanol–water partition coefficient (Wildman–Crippen LogP) is 3.43. The van der Waals surface area contributed by atoms with Crippen LogP contribution in [0.3, 0.4) is 0 Å². The van der Waals surface area contributed by atoms with Crippen molar-refractivity contribution >= 4 is 29.1 Å². The maximum atomic E-state index is 11.9. The Labute approximate surface area is 117 Å². The zero-order valence-electron chi connectivity index (χ0n) is 10.2. The second-order valence-electron chi connectivity index (χ2n) is 4.12. The van der Waals surface area contributed by atoms with Crippen LogP contribution in [0.15, 0.2) is 18.2 Å². The summed E-state index contributed by atoms with van der Waals surface area (Å²) in [6.07, 6.45) is 1.82. The summed E-state index contributed by atoms with van der Waals surface area (Å²) in [4.78, 5) is 11.9. The van der Waals surface area contributed by atoms with Gasteiger partial charge in [-0.15, -0.1) is 11.6 Å². The number of halogens is 2. The van der Waals surface area contributed by atoms with E-state index in [1.54, 1.807) is 6.07 Å². The minimum absolute atomic E-state index is 0.106. The first-order chi connectivity index (χ1) is 8.58. The first-order valence-electron chi connectivity index (χ1n) is 5.91. The van der Waals surface area contributed by atoms with Crippen molar-refractivity contribution in [3.63, 3.8) is 0 Å². The summed E-state index contributed by atoms with van der Waals surface area (Å²) in [7, 11) is 0. The lowest BCUT2D eigenvalue weighted by Gasteiger charge is -2.14. The van der Waals surface area contributed by atoms with Gasteiger partial charge in [0.05, 0.1) is 5.56 Å². The number of benzene rings is 1. The highest BCUT2D eigenvalue weighted by Gasteiger charge is 2.13. The van der Waals surface area contributed by atoms with E-state index in [-0.39, 0.29) is 17.2 Å². The Bertz CT molecular complexity index is 410. The summed E-state index contributed by atoms with van der Waals surface area (Å²) in [5.74, 6) is 0.545. The number of hydrogen-bond acceptors (Lipinski definition) is 2. The molecule has 1 amide bonds. The molecule has 0 radical (unpaired) electrons. The van der Waals surface area contributed by atoms with Crippen LogP contribution in [0, 0.1) is 5.92 Å². The molecule has 0 aromatic heterocycles. The van der Waals surface area contributed by atoms with Crippen molar-refractivity contribution < 1.29 is 9.90 Å². The molecule has 1 aromatic carbocycles. The number of phenols is 1. The Morgan fingerprint density at radius 2 is 2.22 bits per heavy atom. The summed E-state index contributed by atoms with van der Waals surface area (Å²) in [6, 6.07) is 4.44. The van der Waals surface area contributed by atoms with Crippen molar-refractivity contribution in [1.29, 1.82) is 0 Å². The quantitative estimate of drug-likeness (QED) is 0.789. The first kappa shape index (κ1) is 15.1. The second-order valence-corrected chi connectivity index (χ2v) is 4.94.